The second-order valence-electron chi connectivity index (χ2n) is 5.32. The summed E-state index contributed by atoms with van der Waals surface area (Å²) in [7, 11) is 0. The van der Waals surface area contributed by atoms with Crippen molar-refractivity contribution in [3.05, 3.63) is 23.8 Å². The van der Waals surface area contributed by atoms with Gasteiger partial charge in [-0.3, -0.25) is 4.79 Å². The van der Waals surface area contributed by atoms with E-state index in [2.05, 4.69) is 13.0 Å². The van der Waals surface area contributed by atoms with Gasteiger partial charge < -0.3 is 5.11 Å². The highest BCUT2D eigenvalue weighted by Gasteiger charge is 2.51. The van der Waals surface area contributed by atoms with Gasteiger partial charge in [0.15, 0.2) is 5.78 Å². The second-order valence-corrected chi connectivity index (χ2v) is 5.32. The van der Waals surface area contributed by atoms with Gasteiger partial charge in [-0.25, -0.2) is 0 Å². The monoisotopic (exact) mass is 204 g/mol. The van der Waals surface area contributed by atoms with Crippen LogP contribution in [-0.2, 0) is 4.79 Å². The lowest BCUT2D eigenvalue weighted by Crippen LogP contribution is -2.43. The van der Waals surface area contributed by atoms with E-state index < -0.39 is 0 Å². The van der Waals surface area contributed by atoms with Gasteiger partial charge in [-0.15, -0.1) is 0 Å². The molecule has 0 aromatic heterocycles. The summed E-state index contributed by atoms with van der Waals surface area (Å²) in [4.78, 5) is 11.4. The molecule has 0 radical (unpaired) electrons. The summed E-state index contributed by atoms with van der Waals surface area (Å²) >= 11 is 0. The summed E-state index contributed by atoms with van der Waals surface area (Å²) in [6.45, 7) is 2.15. The van der Waals surface area contributed by atoms with Crippen molar-refractivity contribution in [2.75, 3.05) is 0 Å². The molecule has 2 bridgehead atoms. The van der Waals surface area contributed by atoms with E-state index in [-0.39, 0.29) is 23.2 Å². The fourth-order valence-electron chi connectivity index (χ4n) is 3.63. The van der Waals surface area contributed by atoms with Crippen LogP contribution in [0.4, 0.5) is 0 Å². The molecule has 3 rings (SSSR count). The van der Waals surface area contributed by atoms with E-state index in [0.29, 0.717) is 12.3 Å². The minimum Gasteiger partial charge on any atom is -0.393 e. The van der Waals surface area contributed by atoms with Gasteiger partial charge in [-0.05, 0) is 31.8 Å². The Labute approximate surface area is 89.7 Å². The van der Waals surface area contributed by atoms with Crippen LogP contribution in [0.2, 0.25) is 0 Å². The number of rotatable bonds is 0. The van der Waals surface area contributed by atoms with Crippen LogP contribution in [-0.4, -0.2) is 17.0 Å². The van der Waals surface area contributed by atoms with E-state index in [1.54, 1.807) is 6.08 Å². The van der Waals surface area contributed by atoms with Crippen molar-refractivity contribution in [3.8, 4) is 0 Å². The zero-order chi connectivity index (χ0) is 10.6. The molecule has 2 nitrogen and oxygen atoms in total. The Morgan fingerprint density at radius 1 is 1.53 bits per heavy atom. The number of hydrogen-bond acceptors (Lipinski definition) is 2. The predicted octanol–water partition coefficient (Wildman–Crippen LogP) is 1.85. The molecule has 4 atom stereocenters. The van der Waals surface area contributed by atoms with E-state index in [1.807, 2.05) is 6.08 Å². The molecule has 0 saturated heterocycles. The van der Waals surface area contributed by atoms with Crippen molar-refractivity contribution in [1.29, 1.82) is 0 Å². The summed E-state index contributed by atoms with van der Waals surface area (Å²) in [5.41, 5.74) is 1.40. The Kier molecular flexibility index (Phi) is 1.76. The first-order valence-corrected chi connectivity index (χ1v) is 5.70. The normalized spacial score (nSPS) is 47.7. The van der Waals surface area contributed by atoms with Crippen molar-refractivity contribution >= 4 is 5.78 Å². The van der Waals surface area contributed by atoms with Gasteiger partial charge >= 0.3 is 0 Å². The van der Waals surface area contributed by atoms with E-state index in [4.69, 9.17) is 0 Å². The first-order valence-electron chi connectivity index (χ1n) is 5.70. The smallest absolute Gasteiger partial charge is 0.155 e. The molecular formula is C13H16O2. The van der Waals surface area contributed by atoms with Crippen molar-refractivity contribution in [2.45, 2.75) is 32.3 Å². The summed E-state index contributed by atoms with van der Waals surface area (Å²) in [5, 5.41) is 10.1. The van der Waals surface area contributed by atoms with Crippen LogP contribution >= 0.6 is 0 Å². The molecule has 0 aliphatic heterocycles. The highest BCUT2D eigenvalue weighted by molar-refractivity contribution is 5.91. The minimum atomic E-state index is -0.300. The molecule has 3 aliphatic rings. The van der Waals surface area contributed by atoms with Gasteiger partial charge in [0.2, 0.25) is 0 Å². The van der Waals surface area contributed by atoms with Gasteiger partial charge in [0.1, 0.15) is 0 Å². The Morgan fingerprint density at radius 3 is 3.13 bits per heavy atom. The molecule has 0 heterocycles. The summed E-state index contributed by atoms with van der Waals surface area (Å²) < 4.78 is 0. The zero-order valence-electron chi connectivity index (χ0n) is 8.94. The van der Waals surface area contributed by atoms with Gasteiger partial charge in [0, 0.05) is 17.8 Å². The lowest BCUT2D eigenvalue weighted by molar-refractivity contribution is -0.119. The van der Waals surface area contributed by atoms with Crippen molar-refractivity contribution in [1.82, 2.24) is 0 Å². The second kappa shape index (κ2) is 2.82. The lowest BCUT2D eigenvalue weighted by Gasteiger charge is -2.43. The van der Waals surface area contributed by atoms with Crippen molar-refractivity contribution in [2.24, 2.45) is 17.3 Å². The number of fused-ring (bicyclic) bond motifs is 1. The third kappa shape index (κ3) is 1.18. The Balaban J connectivity index is 2.08. The van der Waals surface area contributed by atoms with Gasteiger partial charge in [0.25, 0.3) is 0 Å². The standard InChI is InChI=1S/C13H16O2/c1-8-6-13-3-2-10(14)5-11(13)12(15)4-9(8)7-13/h2-3,6,9,11-12,15H,4-5,7H2,1H3. The van der Waals surface area contributed by atoms with Crippen molar-refractivity contribution in [3.63, 3.8) is 0 Å². The summed E-state index contributed by atoms with van der Waals surface area (Å²) in [6, 6.07) is 0. The molecule has 3 aliphatic carbocycles. The van der Waals surface area contributed by atoms with Crippen LogP contribution in [0.15, 0.2) is 23.8 Å². The number of ketones is 1. The molecule has 1 fully saturated rings. The minimum absolute atomic E-state index is 0.000324. The highest BCUT2D eigenvalue weighted by Crippen LogP contribution is 2.56. The van der Waals surface area contributed by atoms with Gasteiger partial charge in [-0.2, -0.15) is 0 Å². The van der Waals surface area contributed by atoms with Crippen LogP contribution < -0.4 is 0 Å². The molecule has 1 saturated carbocycles. The average molecular weight is 204 g/mol. The highest BCUT2D eigenvalue weighted by atomic mass is 16.3. The molecule has 2 heteroatoms. The van der Waals surface area contributed by atoms with E-state index in [0.717, 1.165) is 12.8 Å². The molecule has 0 amide bonds. The molecule has 80 valence electrons. The quantitative estimate of drug-likeness (QED) is 0.611. The van der Waals surface area contributed by atoms with Gasteiger partial charge in [-0.1, -0.05) is 17.7 Å². The molecule has 1 spiro atoms. The molecule has 4 unspecified atom stereocenters. The maximum Gasteiger partial charge on any atom is 0.155 e. The first-order chi connectivity index (χ1) is 7.11. The number of carbonyl (C=O) groups is 1. The number of hydrogen-bond donors (Lipinski definition) is 1. The molecular weight excluding hydrogens is 188 g/mol. The van der Waals surface area contributed by atoms with Crippen molar-refractivity contribution < 1.29 is 9.90 Å². The first kappa shape index (κ1) is 9.34. The molecule has 0 aromatic rings. The Bertz CT molecular complexity index is 380. The topological polar surface area (TPSA) is 37.3 Å². The SMILES string of the molecule is CC1=CC23C=CC(=O)CC2C(O)CC1C3. The van der Waals surface area contributed by atoms with E-state index in [1.165, 1.54) is 5.57 Å². The average Bonchev–Trinajstić information content (AvgIpc) is 2.44. The van der Waals surface area contributed by atoms with Crippen LogP contribution in [0.3, 0.4) is 0 Å². The van der Waals surface area contributed by atoms with Gasteiger partial charge in [0.05, 0.1) is 6.10 Å². The Hall–Kier alpha value is -0.890. The zero-order valence-corrected chi connectivity index (χ0v) is 8.94. The fourth-order valence-corrected chi connectivity index (χ4v) is 3.63. The number of aliphatic hydroxyl groups excluding tert-OH is 1. The van der Waals surface area contributed by atoms with Crippen LogP contribution in [0, 0.1) is 17.3 Å². The maximum atomic E-state index is 11.4. The van der Waals surface area contributed by atoms with E-state index >= 15 is 0 Å². The molecule has 0 aromatic carbocycles. The van der Waals surface area contributed by atoms with Crippen LogP contribution in [0.25, 0.3) is 0 Å². The largest absolute Gasteiger partial charge is 0.393 e. The van der Waals surface area contributed by atoms with E-state index in [9.17, 15) is 9.90 Å². The summed E-state index contributed by atoms with van der Waals surface area (Å²) in [5.74, 6) is 0.832. The van der Waals surface area contributed by atoms with Crippen LogP contribution in [0.1, 0.15) is 26.2 Å². The summed E-state index contributed by atoms with van der Waals surface area (Å²) in [6.07, 6.45) is 8.21. The fraction of sp³-hybridized carbons (Fsp3) is 0.615. The number of aliphatic hydroxyl groups is 1. The predicted molar refractivity (Wildman–Crippen MR) is 57.2 cm³/mol. The third-order valence-electron chi connectivity index (χ3n) is 4.42. The van der Waals surface area contributed by atoms with Crippen LogP contribution in [0.5, 0.6) is 0 Å². The number of allylic oxidation sites excluding steroid dienone is 4. The maximum absolute atomic E-state index is 11.4. The Morgan fingerprint density at radius 2 is 2.33 bits per heavy atom. The number of carbonyl (C=O) groups excluding carboxylic acids is 1. The lowest BCUT2D eigenvalue weighted by atomic mass is 9.62. The molecule has 1 N–H and O–H groups in total. The molecule has 15 heavy (non-hydrogen) atoms. The third-order valence-corrected chi connectivity index (χ3v) is 4.42.